The van der Waals surface area contributed by atoms with Crippen LogP contribution >= 0.6 is 0 Å². The molecule has 0 aliphatic rings. The zero-order chi connectivity index (χ0) is 21.3. The lowest BCUT2D eigenvalue weighted by Gasteiger charge is -2.16. The lowest BCUT2D eigenvalue weighted by Crippen LogP contribution is -2.32. The first kappa shape index (κ1) is 21.1. The van der Waals surface area contributed by atoms with E-state index in [9.17, 15) is 9.18 Å². The first-order valence-corrected chi connectivity index (χ1v) is 9.18. The third-order valence-electron chi connectivity index (χ3n) is 4.21. The van der Waals surface area contributed by atoms with Gasteiger partial charge in [0, 0.05) is 25.2 Å². The molecule has 1 aromatic heterocycles. The van der Waals surface area contributed by atoms with E-state index < -0.39 is 5.91 Å². The zero-order valence-corrected chi connectivity index (χ0v) is 16.4. The summed E-state index contributed by atoms with van der Waals surface area (Å²) in [4.78, 5) is 11.9. The van der Waals surface area contributed by atoms with Crippen LogP contribution in [0.2, 0.25) is 0 Å². The molecule has 3 aromatic rings. The van der Waals surface area contributed by atoms with Gasteiger partial charge in [-0.3, -0.25) is 4.79 Å². The summed E-state index contributed by atoms with van der Waals surface area (Å²) in [6, 6.07) is 11.7. The van der Waals surface area contributed by atoms with Crippen LogP contribution in [0.25, 0.3) is 0 Å². The number of halogens is 1. The van der Waals surface area contributed by atoms with E-state index in [1.165, 1.54) is 12.1 Å². The maximum absolute atomic E-state index is 13.1. The molecule has 158 valence electrons. The van der Waals surface area contributed by atoms with Gasteiger partial charge in [-0.25, -0.2) is 9.02 Å². The second-order valence-corrected chi connectivity index (χ2v) is 6.29. The molecule has 9 nitrogen and oxygen atoms in total. The van der Waals surface area contributed by atoms with Crippen LogP contribution in [0.5, 0.6) is 11.5 Å². The Labute approximate surface area is 172 Å². The Morgan fingerprint density at radius 2 is 1.97 bits per heavy atom. The first-order chi connectivity index (χ1) is 14.6. The SMILES string of the molecule is COc1cccc(CNCCNC(=O)c2nonc2N)c1OCc1ccc(F)cc1. The number of para-hydroxylation sites is 1. The van der Waals surface area contributed by atoms with Gasteiger partial charge >= 0.3 is 0 Å². The molecule has 30 heavy (non-hydrogen) atoms. The van der Waals surface area contributed by atoms with Crippen molar-refractivity contribution in [1.82, 2.24) is 20.9 Å². The molecule has 0 unspecified atom stereocenters. The van der Waals surface area contributed by atoms with Crippen molar-refractivity contribution in [2.45, 2.75) is 13.2 Å². The number of carbonyl (C=O) groups is 1. The highest BCUT2D eigenvalue weighted by Gasteiger charge is 2.15. The van der Waals surface area contributed by atoms with Crippen molar-refractivity contribution in [1.29, 1.82) is 0 Å². The largest absolute Gasteiger partial charge is 0.493 e. The number of methoxy groups -OCH3 is 1. The number of aromatic nitrogens is 2. The van der Waals surface area contributed by atoms with E-state index in [0.29, 0.717) is 31.1 Å². The van der Waals surface area contributed by atoms with Gasteiger partial charge in [0.25, 0.3) is 5.91 Å². The van der Waals surface area contributed by atoms with Gasteiger partial charge in [0.2, 0.25) is 11.5 Å². The summed E-state index contributed by atoms with van der Waals surface area (Å²) in [6.07, 6.45) is 0. The highest BCUT2D eigenvalue weighted by atomic mass is 19.1. The second kappa shape index (κ2) is 10.2. The van der Waals surface area contributed by atoms with Crippen LogP contribution in [0.4, 0.5) is 10.2 Å². The third-order valence-corrected chi connectivity index (χ3v) is 4.21. The van der Waals surface area contributed by atoms with Gasteiger partial charge in [-0.15, -0.1) is 0 Å². The lowest BCUT2D eigenvalue weighted by atomic mass is 10.1. The van der Waals surface area contributed by atoms with Crippen molar-refractivity contribution in [2.75, 3.05) is 25.9 Å². The van der Waals surface area contributed by atoms with Crippen LogP contribution in [0.15, 0.2) is 47.1 Å². The molecule has 0 saturated carbocycles. The quantitative estimate of drug-likeness (QED) is 0.429. The van der Waals surface area contributed by atoms with E-state index in [-0.39, 0.29) is 23.9 Å². The number of hydrogen-bond acceptors (Lipinski definition) is 8. The van der Waals surface area contributed by atoms with Gasteiger partial charge in [-0.1, -0.05) is 24.3 Å². The van der Waals surface area contributed by atoms with Gasteiger partial charge in [0.1, 0.15) is 12.4 Å². The van der Waals surface area contributed by atoms with E-state index >= 15 is 0 Å². The van der Waals surface area contributed by atoms with Crippen molar-refractivity contribution < 1.29 is 23.3 Å². The number of nitrogens with zero attached hydrogens (tertiary/aromatic N) is 2. The van der Waals surface area contributed by atoms with Crippen molar-refractivity contribution in [3.8, 4) is 11.5 Å². The molecular formula is C20H22FN5O4. The van der Waals surface area contributed by atoms with Gasteiger partial charge in [-0.2, -0.15) is 0 Å². The van der Waals surface area contributed by atoms with Crippen LogP contribution in [0, 0.1) is 5.82 Å². The van der Waals surface area contributed by atoms with Crippen LogP contribution in [0.1, 0.15) is 21.6 Å². The summed E-state index contributed by atoms with van der Waals surface area (Å²) >= 11 is 0. The smallest absolute Gasteiger partial charge is 0.277 e. The fourth-order valence-corrected chi connectivity index (χ4v) is 2.69. The number of benzene rings is 2. The topological polar surface area (TPSA) is 125 Å². The molecule has 10 heteroatoms. The summed E-state index contributed by atoms with van der Waals surface area (Å²) < 4.78 is 28.8. The predicted octanol–water partition coefficient (Wildman–Crippen LogP) is 1.90. The molecule has 0 spiro atoms. The Kier molecular flexibility index (Phi) is 7.17. The monoisotopic (exact) mass is 415 g/mol. The van der Waals surface area contributed by atoms with Crippen LogP contribution in [-0.2, 0) is 13.2 Å². The number of nitrogens with two attached hydrogens (primary N) is 1. The number of carbonyl (C=O) groups excluding carboxylic acids is 1. The van der Waals surface area contributed by atoms with Crippen molar-refractivity contribution in [3.05, 3.63) is 65.1 Å². The molecule has 0 bridgehead atoms. The summed E-state index contributed by atoms with van der Waals surface area (Å²) in [6.45, 7) is 1.60. The summed E-state index contributed by atoms with van der Waals surface area (Å²) in [5.41, 5.74) is 7.16. The molecule has 0 saturated heterocycles. The fraction of sp³-hybridized carbons (Fsp3) is 0.250. The number of nitrogen functional groups attached to an aromatic ring is 1. The molecule has 0 aliphatic carbocycles. The van der Waals surface area contributed by atoms with E-state index in [2.05, 4.69) is 25.6 Å². The lowest BCUT2D eigenvalue weighted by molar-refractivity contribution is 0.0944. The number of amides is 1. The number of anilines is 1. The molecule has 0 fully saturated rings. The molecular weight excluding hydrogens is 393 g/mol. The summed E-state index contributed by atoms with van der Waals surface area (Å²) in [5.74, 6) is 0.386. The molecule has 0 aliphatic heterocycles. The van der Waals surface area contributed by atoms with Gasteiger partial charge in [0.05, 0.1) is 7.11 Å². The molecule has 1 amide bonds. The van der Waals surface area contributed by atoms with Crippen molar-refractivity contribution in [3.63, 3.8) is 0 Å². The molecule has 0 atom stereocenters. The minimum Gasteiger partial charge on any atom is -0.493 e. The maximum atomic E-state index is 13.1. The van der Waals surface area contributed by atoms with Gasteiger partial charge < -0.3 is 25.8 Å². The van der Waals surface area contributed by atoms with Crippen molar-refractivity contribution in [2.24, 2.45) is 0 Å². The van der Waals surface area contributed by atoms with E-state index in [1.54, 1.807) is 25.3 Å². The molecule has 2 aromatic carbocycles. The van der Waals surface area contributed by atoms with Crippen LogP contribution in [-0.4, -0.2) is 36.4 Å². The third kappa shape index (κ3) is 5.45. The Morgan fingerprint density at radius 1 is 1.17 bits per heavy atom. The van der Waals surface area contributed by atoms with Gasteiger partial charge in [-0.05, 0) is 34.1 Å². The van der Waals surface area contributed by atoms with Crippen LogP contribution in [0.3, 0.4) is 0 Å². The molecule has 1 heterocycles. The minimum absolute atomic E-state index is 0.0423. The highest BCUT2D eigenvalue weighted by molar-refractivity contribution is 5.95. The average molecular weight is 415 g/mol. The summed E-state index contributed by atoms with van der Waals surface area (Å²) in [7, 11) is 1.57. The maximum Gasteiger partial charge on any atom is 0.277 e. The zero-order valence-electron chi connectivity index (χ0n) is 16.4. The molecule has 3 rings (SSSR count). The fourth-order valence-electron chi connectivity index (χ4n) is 2.69. The predicted molar refractivity (Wildman–Crippen MR) is 106 cm³/mol. The average Bonchev–Trinajstić information content (AvgIpc) is 3.19. The Bertz CT molecular complexity index is 978. The summed E-state index contributed by atoms with van der Waals surface area (Å²) in [5, 5.41) is 12.7. The van der Waals surface area contributed by atoms with Crippen molar-refractivity contribution >= 4 is 11.7 Å². The standard InChI is InChI=1S/C20H22FN5O4/c1-28-16-4-2-3-14(18(16)29-12-13-5-7-15(21)8-6-13)11-23-9-10-24-20(27)17-19(22)26-30-25-17/h2-8,23H,9-12H2,1H3,(H2,22,26)(H,24,27). The minimum atomic E-state index is -0.458. The normalized spacial score (nSPS) is 10.6. The number of rotatable bonds is 10. The number of ether oxygens (including phenoxy) is 2. The van der Waals surface area contributed by atoms with E-state index in [1.807, 2.05) is 12.1 Å². The first-order valence-electron chi connectivity index (χ1n) is 9.18. The Morgan fingerprint density at radius 3 is 2.67 bits per heavy atom. The highest BCUT2D eigenvalue weighted by Crippen LogP contribution is 2.31. The number of hydrogen-bond donors (Lipinski definition) is 3. The second-order valence-electron chi connectivity index (χ2n) is 6.29. The number of nitrogens with one attached hydrogen (secondary N) is 2. The Balaban J connectivity index is 1.53. The van der Waals surface area contributed by atoms with Crippen LogP contribution < -0.4 is 25.8 Å². The Hall–Kier alpha value is -3.66. The molecule has 4 N–H and O–H groups in total. The van der Waals surface area contributed by atoms with E-state index in [4.69, 9.17) is 15.2 Å². The molecule has 0 radical (unpaired) electrons. The van der Waals surface area contributed by atoms with Gasteiger partial charge in [0.15, 0.2) is 11.5 Å². The van der Waals surface area contributed by atoms with E-state index in [0.717, 1.165) is 11.1 Å².